The van der Waals surface area contributed by atoms with Crippen LogP contribution in [0.25, 0.3) is 22.3 Å². The minimum absolute atomic E-state index is 0.419. The molecule has 0 aliphatic rings. The second kappa shape index (κ2) is 6.46. The fourth-order valence-electron chi connectivity index (χ4n) is 2.31. The average molecular weight is 402 g/mol. The van der Waals surface area contributed by atoms with E-state index >= 15 is 0 Å². The molecule has 1 aromatic heterocycles. The van der Waals surface area contributed by atoms with Crippen LogP contribution in [0.4, 0.5) is 4.39 Å². The maximum Gasteiger partial charge on any atom is 0.240 e. The Hall–Kier alpha value is -1.44. The van der Waals surface area contributed by atoms with E-state index in [1.54, 1.807) is 12.1 Å². The third-order valence-electron chi connectivity index (χ3n) is 3.44. The predicted molar refractivity (Wildman–Crippen MR) is 96.5 cm³/mol. The first kappa shape index (κ1) is 17.4. The zero-order valence-corrected chi connectivity index (χ0v) is 15.1. The molecule has 0 saturated heterocycles. The molecule has 0 unspecified atom stereocenters. The first-order chi connectivity index (χ1) is 11.3. The quantitative estimate of drug-likeness (QED) is 0.657. The summed E-state index contributed by atoms with van der Waals surface area (Å²) in [7, 11) is -4.10. The highest BCUT2D eigenvalue weighted by Crippen LogP contribution is 2.38. The Morgan fingerprint density at radius 1 is 0.917 bits per heavy atom. The highest BCUT2D eigenvalue weighted by atomic mass is 35.5. The Kier molecular flexibility index (Phi) is 4.68. The fourth-order valence-corrected chi connectivity index (χ4v) is 4.06. The fraction of sp³-hybridized carbons (Fsp3) is 0. The summed E-state index contributed by atoms with van der Waals surface area (Å²) in [5.41, 5.74) is 2.98. The summed E-state index contributed by atoms with van der Waals surface area (Å²) >= 11 is 13.4. The summed E-state index contributed by atoms with van der Waals surface area (Å²) in [5, 5.41) is 9.60. The number of hydrogen-bond acceptors (Lipinski definition) is 3. The highest BCUT2D eigenvalue weighted by Gasteiger charge is 2.17. The van der Waals surface area contributed by atoms with Gasteiger partial charge in [-0.15, -0.1) is 0 Å². The maximum absolute atomic E-state index is 14.1. The van der Waals surface area contributed by atoms with Crippen molar-refractivity contribution in [3.8, 4) is 22.3 Å². The lowest BCUT2D eigenvalue weighted by molar-refractivity contribution is 0.568. The van der Waals surface area contributed by atoms with Gasteiger partial charge < -0.3 is 0 Å². The van der Waals surface area contributed by atoms with E-state index in [4.69, 9.17) is 28.3 Å². The zero-order chi connectivity index (χ0) is 17.5. The van der Waals surface area contributed by atoms with E-state index < -0.39 is 20.7 Å². The van der Waals surface area contributed by atoms with Gasteiger partial charge in [-0.05, 0) is 46.2 Å². The van der Waals surface area contributed by atoms with Crippen LogP contribution in [0.2, 0.25) is 10.0 Å². The van der Waals surface area contributed by atoms with Crippen LogP contribution in [0, 0.1) is 5.82 Å². The Morgan fingerprint density at radius 3 is 2.04 bits per heavy atom. The molecule has 3 nitrogen and oxygen atoms in total. The third kappa shape index (κ3) is 3.34. The molecule has 1 heterocycles. The molecule has 0 aliphatic carbocycles. The van der Waals surface area contributed by atoms with Crippen LogP contribution in [-0.4, -0.2) is 8.42 Å². The van der Waals surface area contributed by atoms with Gasteiger partial charge in [0.05, 0.1) is 10.0 Å². The van der Waals surface area contributed by atoms with Crippen LogP contribution in [0.1, 0.15) is 0 Å². The zero-order valence-electron chi connectivity index (χ0n) is 12.0. The largest absolute Gasteiger partial charge is 0.240 e. The number of benzene rings is 2. The SMILES string of the molecule is NS(=O)(=O)c1ccc(-c2cscc2-c2ccc(Cl)c(Cl)c2)cc1F. The summed E-state index contributed by atoms with van der Waals surface area (Å²) in [6, 6.07) is 9.07. The van der Waals surface area contributed by atoms with E-state index in [1.165, 1.54) is 17.4 Å². The van der Waals surface area contributed by atoms with Gasteiger partial charge in [0, 0.05) is 11.1 Å². The van der Waals surface area contributed by atoms with Gasteiger partial charge in [-0.2, -0.15) is 11.3 Å². The van der Waals surface area contributed by atoms with Crippen molar-refractivity contribution in [3.63, 3.8) is 0 Å². The Bertz CT molecular complexity index is 1030. The lowest BCUT2D eigenvalue weighted by Crippen LogP contribution is -2.13. The molecule has 0 spiro atoms. The van der Waals surface area contributed by atoms with Crippen molar-refractivity contribution in [1.82, 2.24) is 0 Å². The predicted octanol–water partition coefficient (Wildman–Crippen LogP) is 5.18. The van der Waals surface area contributed by atoms with Crippen molar-refractivity contribution in [2.45, 2.75) is 4.90 Å². The molecule has 3 rings (SSSR count). The molecule has 2 N–H and O–H groups in total. The second-order valence-corrected chi connectivity index (χ2v) is 8.11. The summed E-state index contributed by atoms with van der Waals surface area (Å²) in [6.45, 7) is 0. The Morgan fingerprint density at radius 2 is 1.50 bits per heavy atom. The molecule has 0 atom stereocenters. The van der Waals surface area contributed by atoms with Crippen LogP contribution in [0.15, 0.2) is 52.1 Å². The molecule has 0 fully saturated rings. The number of primary sulfonamides is 1. The van der Waals surface area contributed by atoms with Gasteiger partial charge in [0.2, 0.25) is 10.0 Å². The number of nitrogens with two attached hydrogens (primary N) is 1. The average Bonchev–Trinajstić information content (AvgIpc) is 2.98. The molecule has 0 saturated carbocycles. The summed E-state index contributed by atoms with van der Waals surface area (Å²) in [4.78, 5) is -0.530. The highest BCUT2D eigenvalue weighted by molar-refractivity contribution is 7.89. The van der Waals surface area contributed by atoms with E-state index in [0.29, 0.717) is 15.6 Å². The Balaban J connectivity index is 2.11. The van der Waals surface area contributed by atoms with Crippen LogP contribution in [-0.2, 0) is 10.0 Å². The molecule has 0 amide bonds. The van der Waals surface area contributed by atoms with Gasteiger partial charge in [-0.3, -0.25) is 0 Å². The first-order valence-electron chi connectivity index (χ1n) is 6.61. The van der Waals surface area contributed by atoms with Crippen molar-refractivity contribution in [2.24, 2.45) is 5.14 Å². The molecule has 24 heavy (non-hydrogen) atoms. The van der Waals surface area contributed by atoms with Crippen LogP contribution in [0.5, 0.6) is 0 Å². The van der Waals surface area contributed by atoms with Crippen molar-refractivity contribution in [3.05, 3.63) is 63.0 Å². The minimum atomic E-state index is -4.10. The van der Waals surface area contributed by atoms with E-state index in [2.05, 4.69) is 0 Å². The van der Waals surface area contributed by atoms with E-state index in [1.807, 2.05) is 16.8 Å². The molecule has 2 aromatic carbocycles. The third-order valence-corrected chi connectivity index (χ3v) is 5.87. The molecule has 0 radical (unpaired) electrons. The van der Waals surface area contributed by atoms with E-state index in [9.17, 15) is 12.8 Å². The molecular formula is C16H10Cl2FNO2S2. The number of sulfonamides is 1. The monoisotopic (exact) mass is 401 g/mol. The smallest absolute Gasteiger partial charge is 0.225 e. The van der Waals surface area contributed by atoms with Crippen LogP contribution in [0.3, 0.4) is 0 Å². The molecule has 0 aliphatic heterocycles. The molecule has 124 valence electrons. The molecule has 8 heteroatoms. The summed E-state index contributed by atoms with van der Waals surface area (Å²) in [5.74, 6) is -0.888. The van der Waals surface area contributed by atoms with Crippen LogP contribution >= 0.6 is 34.5 Å². The lowest BCUT2D eigenvalue weighted by atomic mass is 9.99. The number of halogens is 3. The molecule has 0 bridgehead atoms. The Labute approximate surface area is 152 Å². The van der Waals surface area contributed by atoms with Gasteiger partial charge in [-0.1, -0.05) is 35.3 Å². The van der Waals surface area contributed by atoms with Gasteiger partial charge >= 0.3 is 0 Å². The van der Waals surface area contributed by atoms with Crippen molar-refractivity contribution >= 4 is 44.6 Å². The van der Waals surface area contributed by atoms with Gasteiger partial charge in [0.25, 0.3) is 0 Å². The van der Waals surface area contributed by atoms with Crippen molar-refractivity contribution in [2.75, 3.05) is 0 Å². The lowest BCUT2D eigenvalue weighted by Gasteiger charge is -2.08. The first-order valence-corrected chi connectivity index (χ1v) is 9.86. The van der Waals surface area contributed by atoms with Crippen LogP contribution < -0.4 is 5.14 Å². The molecule has 3 aromatic rings. The topological polar surface area (TPSA) is 60.2 Å². The van der Waals surface area contributed by atoms with Gasteiger partial charge in [0.15, 0.2) is 0 Å². The normalized spacial score (nSPS) is 11.7. The maximum atomic E-state index is 14.1. The van der Waals surface area contributed by atoms with E-state index in [0.717, 1.165) is 28.8 Å². The standard InChI is InChI=1S/C16H10Cl2FNO2S2/c17-13-3-1-9(5-14(13)18)11-7-23-8-12(11)10-2-4-16(15(19)6-10)24(20,21)22/h1-8H,(H2,20,21,22). The minimum Gasteiger partial charge on any atom is -0.225 e. The number of thiophene rings is 1. The summed E-state index contributed by atoms with van der Waals surface area (Å²) in [6.07, 6.45) is 0. The van der Waals surface area contributed by atoms with Crippen molar-refractivity contribution in [1.29, 1.82) is 0 Å². The van der Waals surface area contributed by atoms with Gasteiger partial charge in [-0.25, -0.2) is 17.9 Å². The second-order valence-electron chi connectivity index (χ2n) is 5.02. The van der Waals surface area contributed by atoms with Gasteiger partial charge in [0.1, 0.15) is 10.7 Å². The summed E-state index contributed by atoms with van der Waals surface area (Å²) < 4.78 is 36.7. The number of rotatable bonds is 3. The van der Waals surface area contributed by atoms with E-state index in [-0.39, 0.29) is 0 Å². The van der Waals surface area contributed by atoms with Crippen molar-refractivity contribution < 1.29 is 12.8 Å². The molecular weight excluding hydrogens is 392 g/mol. The number of hydrogen-bond donors (Lipinski definition) is 1.